The molecule has 17 heavy (non-hydrogen) atoms. The van der Waals surface area contributed by atoms with Crippen LogP contribution in [0.1, 0.15) is 19.8 Å². The van der Waals surface area contributed by atoms with Crippen LogP contribution < -0.4 is 0 Å². The van der Waals surface area contributed by atoms with Crippen molar-refractivity contribution in [2.45, 2.75) is 24.7 Å². The van der Waals surface area contributed by atoms with E-state index >= 15 is 0 Å². The van der Waals surface area contributed by atoms with E-state index in [-0.39, 0.29) is 17.2 Å². The summed E-state index contributed by atoms with van der Waals surface area (Å²) in [5.74, 6) is 0. The van der Waals surface area contributed by atoms with Crippen molar-refractivity contribution < 1.29 is 17.5 Å². The normalized spacial score (nSPS) is 11.4. The molecule has 0 spiro atoms. The highest BCUT2D eigenvalue weighted by Gasteiger charge is 2.16. The number of nitro groups is 1. The van der Waals surface area contributed by atoms with Gasteiger partial charge in [-0.05, 0) is 18.6 Å². The van der Waals surface area contributed by atoms with Crippen molar-refractivity contribution in [3.05, 3.63) is 34.4 Å². The Hall–Kier alpha value is -1.47. The molecule has 0 fully saturated rings. The summed E-state index contributed by atoms with van der Waals surface area (Å²) in [6.45, 7) is 2.04. The highest BCUT2D eigenvalue weighted by molar-refractivity contribution is 7.86. The Morgan fingerprint density at radius 1 is 1.29 bits per heavy atom. The fourth-order valence-corrected chi connectivity index (χ4v) is 2.06. The van der Waals surface area contributed by atoms with E-state index in [1.165, 1.54) is 12.1 Å². The Bertz CT molecular complexity index is 480. The molecule has 6 nitrogen and oxygen atoms in total. The van der Waals surface area contributed by atoms with Crippen molar-refractivity contribution in [3.63, 3.8) is 0 Å². The lowest BCUT2D eigenvalue weighted by Gasteiger charge is -2.04. The maximum atomic E-state index is 11.6. The molecule has 1 rings (SSSR count). The second-order valence-electron chi connectivity index (χ2n) is 3.38. The minimum absolute atomic E-state index is 0.0702. The van der Waals surface area contributed by atoms with Gasteiger partial charge in [0.25, 0.3) is 15.8 Å². The summed E-state index contributed by atoms with van der Waals surface area (Å²) in [6, 6.07) is 4.60. The van der Waals surface area contributed by atoms with Gasteiger partial charge in [0, 0.05) is 12.1 Å². The Labute approximate surface area is 99.5 Å². The van der Waals surface area contributed by atoms with Gasteiger partial charge in [0.05, 0.1) is 16.4 Å². The Balaban J connectivity index is 2.81. The van der Waals surface area contributed by atoms with Gasteiger partial charge in [-0.3, -0.25) is 14.3 Å². The highest BCUT2D eigenvalue weighted by atomic mass is 32.2. The van der Waals surface area contributed by atoms with Gasteiger partial charge in [0.15, 0.2) is 0 Å². The third-order valence-electron chi connectivity index (χ3n) is 2.07. The molecular formula is C10H13NO5S. The zero-order valence-electron chi connectivity index (χ0n) is 9.33. The van der Waals surface area contributed by atoms with Crippen LogP contribution in [0.2, 0.25) is 0 Å². The fourth-order valence-electron chi connectivity index (χ4n) is 1.12. The second-order valence-corrected chi connectivity index (χ2v) is 5.00. The van der Waals surface area contributed by atoms with Gasteiger partial charge in [-0.15, -0.1) is 0 Å². The highest BCUT2D eigenvalue weighted by Crippen LogP contribution is 2.17. The van der Waals surface area contributed by atoms with Crippen LogP contribution in [-0.4, -0.2) is 19.9 Å². The summed E-state index contributed by atoms with van der Waals surface area (Å²) < 4.78 is 28.0. The standard InChI is InChI=1S/C10H13NO5S/c1-2-3-8-16-17(14,15)10-6-4-9(5-7-10)11(12)13/h4-7H,2-3,8H2,1H3. The second kappa shape index (κ2) is 5.74. The molecule has 0 heterocycles. The molecule has 0 bridgehead atoms. The summed E-state index contributed by atoms with van der Waals surface area (Å²) in [5, 5.41) is 10.4. The minimum Gasteiger partial charge on any atom is -0.266 e. The van der Waals surface area contributed by atoms with E-state index < -0.39 is 15.0 Å². The van der Waals surface area contributed by atoms with Crippen molar-refractivity contribution in [2.75, 3.05) is 6.61 Å². The quantitative estimate of drug-likeness (QED) is 0.338. The summed E-state index contributed by atoms with van der Waals surface area (Å²) in [4.78, 5) is 9.74. The van der Waals surface area contributed by atoms with Crippen LogP contribution in [0.15, 0.2) is 29.2 Å². The Morgan fingerprint density at radius 2 is 1.88 bits per heavy atom. The third kappa shape index (κ3) is 3.79. The van der Waals surface area contributed by atoms with Gasteiger partial charge in [-0.2, -0.15) is 8.42 Å². The lowest BCUT2D eigenvalue weighted by Crippen LogP contribution is -2.07. The zero-order chi connectivity index (χ0) is 12.9. The number of hydrogen-bond acceptors (Lipinski definition) is 5. The molecule has 1 aromatic carbocycles. The van der Waals surface area contributed by atoms with E-state index in [1.807, 2.05) is 6.92 Å². The summed E-state index contributed by atoms with van der Waals surface area (Å²) >= 11 is 0. The van der Waals surface area contributed by atoms with E-state index in [9.17, 15) is 18.5 Å². The van der Waals surface area contributed by atoms with Crippen LogP contribution in [0, 0.1) is 10.1 Å². The lowest BCUT2D eigenvalue weighted by atomic mass is 10.3. The lowest BCUT2D eigenvalue weighted by molar-refractivity contribution is -0.384. The first kappa shape index (κ1) is 13.6. The number of rotatable bonds is 6. The molecule has 0 amide bonds. The molecule has 7 heteroatoms. The predicted molar refractivity (Wildman–Crippen MR) is 61.1 cm³/mol. The van der Waals surface area contributed by atoms with Crippen molar-refractivity contribution in [1.82, 2.24) is 0 Å². The number of nitrogens with zero attached hydrogens (tertiary/aromatic N) is 1. The number of unbranched alkanes of at least 4 members (excludes halogenated alkanes) is 1. The number of hydrogen-bond donors (Lipinski definition) is 0. The molecule has 0 aliphatic heterocycles. The zero-order valence-corrected chi connectivity index (χ0v) is 10.1. The van der Waals surface area contributed by atoms with Gasteiger partial charge < -0.3 is 0 Å². The molecule has 94 valence electrons. The van der Waals surface area contributed by atoms with E-state index in [0.717, 1.165) is 18.6 Å². The number of benzene rings is 1. The van der Waals surface area contributed by atoms with E-state index in [1.54, 1.807) is 0 Å². The van der Waals surface area contributed by atoms with E-state index in [4.69, 9.17) is 4.18 Å². The first-order valence-corrected chi connectivity index (χ1v) is 6.52. The maximum Gasteiger partial charge on any atom is 0.296 e. The predicted octanol–water partition coefficient (Wildman–Crippen LogP) is 2.10. The Morgan fingerprint density at radius 3 is 2.35 bits per heavy atom. The van der Waals surface area contributed by atoms with Gasteiger partial charge in [-0.1, -0.05) is 13.3 Å². The topological polar surface area (TPSA) is 86.5 Å². The Kier molecular flexibility index (Phi) is 4.59. The molecule has 0 aromatic heterocycles. The van der Waals surface area contributed by atoms with Gasteiger partial charge >= 0.3 is 0 Å². The summed E-state index contributed by atoms with van der Waals surface area (Å²) in [5.41, 5.74) is -0.155. The smallest absolute Gasteiger partial charge is 0.266 e. The average molecular weight is 259 g/mol. The van der Waals surface area contributed by atoms with Gasteiger partial charge in [0.2, 0.25) is 0 Å². The molecule has 0 unspecified atom stereocenters. The first-order valence-electron chi connectivity index (χ1n) is 5.11. The van der Waals surface area contributed by atoms with E-state index in [2.05, 4.69) is 0 Å². The average Bonchev–Trinajstić information content (AvgIpc) is 2.29. The largest absolute Gasteiger partial charge is 0.296 e. The molecule has 0 atom stereocenters. The van der Waals surface area contributed by atoms with Crippen LogP contribution in [0.5, 0.6) is 0 Å². The molecule has 0 N–H and O–H groups in total. The molecule has 0 aliphatic carbocycles. The van der Waals surface area contributed by atoms with Crippen LogP contribution in [0.4, 0.5) is 5.69 Å². The van der Waals surface area contributed by atoms with Crippen molar-refractivity contribution >= 4 is 15.8 Å². The summed E-state index contributed by atoms with van der Waals surface area (Å²) in [7, 11) is -3.80. The van der Waals surface area contributed by atoms with Crippen molar-refractivity contribution in [1.29, 1.82) is 0 Å². The molecule has 1 aromatic rings. The minimum atomic E-state index is -3.80. The molecule has 0 saturated carbocycles. The molecule has 0 saturated heterocycles. The monoisotopic (exact) mass is 259 g/mol. The van der Waals surface area contributed by atoms with Crippen molar-refractivity contribution in [2.24, 2.45) is 0 Å². The fraction of sp³-hybridized carbons (Fsp3) is 0.400. The SMILES string of the molecule is CCCCOS(=O)(=O)c1ccc([N+](=O)[O-])cc1. The molecule has 0 aliphatic rings. The number of non-ortho nitro benzene ring substituents is 1. The number of nitro benzene ring substituents is 1. The first-order chi connectivity index (χ1) is 7.97. The molecular weight excluding hydrogens is 246 g/mol. The van der Waals surface area contributed by atoms with Gasteiger partial charge in [-0.25, -0.2) is 0 Å². The van der Waals surface area contributed by atoms with Crippen LogP contribution in [0.3, 0.4) is 0 Å². The third-order valence-corrected chi connectivity index (χ3v) is 3.40. The van der Waals surface area contributed by atoms with Crippen LogP contribution >= 0.6 is 0 Å². The molecule has 0 radical (unpaired) electrons. The van der Waals surface area contributed by atoms with Crippen LogP contribution in [-0.2, 0) is 14.3 Å². The van der Waals surface area contributed by atoms with E-state index in [0.29, 0.717) is 6.42 Å². The van der Waals surface area contributed by atoms with Gasteiger partial charge in [0.1, 0.15) is 0 Å². The van der Waals surface area contributed by atoms with Crippen molar-refractivity contribution in [3.8, 4) is 0 Å². The summed E-state index contributed by atoms with van der Waals surface area (Å²) in [6.07, 6.45) is 1.47. The van der Waals surface area contributed by atoms with Crippen LogP contribution in [0.25, 0.3) is 0 Å². The maximum absolute atomic E-state index is 11.6.